The minimum Gasteiger partial charge on any atom is -0.358 e. The van der Waals surface area contributed by atoms with Crippen molar-refractivity contribution in [2.24, 2.45) is 5.41 Å². The Bertz CT molecular complexity index is 1380. The number of fused-ring (bicyclic) bond motifs is 1. The van der Waals surface area contributed by atoms with Crippen molar-refractivity contribution >= 4 is 34.7 Å². The molecular weight excluding hydrogens is 544 g/mol. The molecule has 4 aliphatic rings. The van der Waals surface area contributed by atoms with E-state index in [0.29, 0.717) is 24.5 Å². The number of anilines is 1. The molecule has 42 heavy (non-hydrogen) atoms. The lowest BCUT2D eigenvalue weighted by atomic mass is 9.72. The first kappa shape index (κ1) is 28.8. The predicted molar refractivity (Wildman–Crippen MR) is 170 cm³/mol. The van der Waals surface area contributed by atoms with Crippen molar-refractivity contribution in [3.8, 4) is 0 Å². The predicted octanol–water partition coefficient (Wildman–Crippen LogP) is 5.92. The van der Waals surface area contributed by atoms with Gasteiger partial charge < -0.3 is 19.6 Å². The highest BCUT2D eigenvalue weighted by Crippen LogP contribution is 2.53. The van der Waals surface area contributed by atoms with Crippen LogP contribution in [0.15, 0.2) is 89.6 Å². The zero-order chi connectivity index (χ0) is 29.1. The van der Waals surface area contributed by atoms with E-state index in [-0.39, 0.29) is 17.9 Å². The molecule has 2 unspecified atom stereocenters. The molecule has 2 aromatic rings. The second kappa shape index (κ2) is 12.5. The van der Waals surface area contributed by atoms with E-state index in [1.54, 1.807) is 0 Å². The molecule has 2 amide bonds. The second-order valence-electron chi connectivity index (χ2n) is 12.1. The number of rotatable bonds is 10. The first-order valence-electron chi connectivity index (χ1n) is 15.5. The molecule has 220 valence electrons. The molecule has 6 rings (SSSR count). The van der Waals surface area contributed by atoms with Crippen LogP contribution in [0.4, 0.5) is 5.69 Å². The zero-order valence-electron chi connectivity index (χ0n) is 24.6. The molecule has 0 spiro atoms. The lowest BCUT2D eigenvalue weighted by Crippen LogP contribution is -2.45. The molecule has 6 nitrogen and oxygen atoms in total. The number of hydrogen-bond acceptors (Lipinski definition) is 4. The molecular formula is C35H41ClN4O2. The van der Waals surface area contributed by atoms with Crippen molar-refractivity contribution in [3.05, 3.63) is 95.2 Å². The summed E-state index contributed by atoms with van der Waals surface area (Å²) in [5.74, 6) is 0.223. The first-order valence-corrected chi connectivity index (χ1v) is 15.8. The van der Waals surface area contributed by atoms with Gasteiger partial charge in [0.2, 0.25) is 5.91 Å². The van der Waals surface area contributed by atoms with Gasteiger partial charge in [-0.25, -0.2) is 0 Å². The maximum atomic E-state index is 15.0. The average molecular weight is 585 g/mol. The minimum atomic E-state index is -0.465. The zero-order valence-corrected chi connectivity index (χ0v) is 25.3. The highest BCUT2D eigenvalue weighted by atomic mass is 35.5. The van der Waals surface area contributed by atoms with E-state index in [4.69, 9.17) is 11.6 Å². The Morgan fingerprint density at radius 3 is 2.36 bits per heavy atom. The van der Waals surface area contributed by atoms with Crippen molar-refractivity contribution in [3.63, 3.8) is 0 Å². The van der Waals surface area contributed by atoms with Crippen molar-refractivity contribution in [1.82, 2.24) is 14.7 Å². The van der Waals surface area contributed by atoms with Gasteiger partial charge in [0.25, 0.3) is 5.91 Å². The molecule has 3 heterocycles. The number of hydrogen-bond donors (Lipinski definition) is 0. The van der Waals surface area contributed by atoms with Crippen LogP contribution in [0.5, 0.6) is 0 Å². The maximum Gasteiger partial charge on any atom is 0.274 e. The second-order valence-corrected chi connectivity index (χ2v) is 12.5. The number of halogens is 1. The van der Waals surface area contributed by atoms with Crippen LogP contribution in [0, 0.1) is 5.41 Å². The number of para-hydroxylation sites is 1. The fourth-order valence-electron chi connectivity index (χ4n) is 7.22. The van der Waals surface area contributed by atoms with E-state index in [1.165, 1.54) is 12.8 Å². The number of nitrogens with zero attached hydrogens (tertiary/aromatic N) is 4. The summed E-state index contributed by atoms with van der Waals surface area (Å²) >= 11 is 6.68. The topological polar surface area (TPSA) is 47.1 Å². The molecule has 0 aromatic heterocycles. The largest absolute Gasteiger partial charge is 0.358 e. The highest BCUT2D eigenvalue weighted by Gasteiger charge is 2.51. The van der Waals surface area contributed by atoms with Crippen molar-refractivity contribution in [2.45, 2.75) is 45.1 Å². The van der Waals surface area contributed by atoms with Gasteiger partial charge in [0.15, 0.2) is 0 Å². The number of amides is 2. The third-order valence-electron chi connectivity index (χ3n) is 9.30. The summed E-state index contributed by atoms with van der Waals surface area (Å²) in [5, 5.41) is 0.700. The van der Waals surface area contributed by atoms with E-state index < -0.39 is 5.41 Å². The van der Waals surface area contributed by atoms with Crippen LogP contribution in [0.1, 0.15) is 44.6 Å². The number of allylic oxidation sites excluding steroid dienone is 2. The Hall–Kier alpha value is -3.35. The Labute approximate surface area is 254 Å². The number of likely N-dealkylation sites (tertiary alicyclic amines) is 2. The van der Waals surface area contributed by atoms with Gasteiger partial charge in [-0.1, -0.05) is 72.3 Å². The number of carbonyl (C=O) groups excluding carboxylic acids is 2. The summed E-state index contributed by atoms with van der Waals surface area (Å²) in [5.41, 5.74) is 3.23. The molecule has 1 aliphatic carbocycles. The van der Waals surface area contributed by atoms with Crippen LogP contribution in [0.3, 0.4) is 0 Å². The summed E-state index contributed by atoms with van der Waals surface area (Å²) < 4.78 is 0. The van der Waals surface area contributed by atoms with Crippen LogP contribution in [0.2, 0.25) is 0 Å². The summed E-state index contributed by atoms with van der Waals surface area (Å²) in [4.78, 5) is 36.1. The van der Waals surface area contributed by atoms with Crippen LogP contribution in [-0.4, -0.2) is 78.4 Å². The average Bonchev–Trinajstić information content (AvgIpc) is 3.72. The molecule has 0 saturated carbocycles. The summed E-state index contributed by atoms with van der Waals surface area (Å²) in [6.07, 6.45) is 11.0. The summed E-state index contributed by atoms with van der Waals surface area (Å²) in [7, 11) is 0. The SMILES string of the molecule is CC12C=C(Cl)C=CC1N(CCN1CCCC1)C(C(=O)N(CCCN1CCCC1=O)c1ccccc1)=C2c1ccccc1. The van der Waals surface area contributed by atoms with E-state index in [1.807, 2.05) is 64.4 Å². The quantitative estimate of drug-likeness (QED) is 0.348. The molecule has 2 aromatic carbocycles. The van der Waals surface area contributed by atoms with Gasteiger partial charge in [0, 0.05) is 60.9 Å². The number of benzene rings is 2. The molecule has 2 saturated heterocycles. The smallest absolute Gasteiger partial charge is 0.274 e. The normalized spacial score (nSPS) is 24.0. The van der Waals surface area contributed by atoms with Crippen LogP contribution in [0.25, 0.3) is 5.57 Å². The lowest BCUT2D eigenvalue weighted by Gasteiger charge is -2.38. The van der Waals surface area contributed by atoms with E-state index >= 15 is 4.79 Å². The van der Waals surface area contributed by atoms with E-state index in [0.717, 1.165) is 68.1 Å². The standard InChI is InChI=1S/C35H41ClN4O2/c1-35-26-28(36)17-18-30(35)40(25-24-37-19-8-9-20-37)33(32(35)27-12-4-2-5-13-27)34(42)39(29-14-6-3-7-15-29)23-11-22-38-21-10-16-31(38)41/h2-7,12-15,17-18,26,30H,8-11,16,19-25H2,1H3. The van der Waals surface area contributed by atoms with Gasteiger partial charge in [0.05, 0.1) is 6.04 Å². The fourth-order valence-corrected chi connectivity index (χ4v) is 7.52. The lowest BCUT2D eigenvalue weighted by molar-refractivity contribution is -0.127. The van der Waals surface area contributed by atoms with Crippen LogP contribution >= 0.6 is 11.6 Å². The van der Waals surface area contributed by atoms with Gasteiger partial charge in [-0.2, -0.15) is 0 Å². The molecule has 2 atom stereocenters. The third-order valence-corrected chi connectivity index (χ3v) is 9.54. The van der Waals surface area contributed by atoms with Crippen molar-refractivity contribution < 1.29 is 9.59 Å². The highest BCUT2D eigenvalue weighted by molar-refractivity contribution is 6.31. The Balaban J connectivity index is 1.41. The summed E-state index contributed by atoms with van der Waals surface area (Å²) in [6, 6.07) is 20.3. The van der Waals surface area contributed by atoms with Gasteiger partial charge in [-0.15, -0.1) is 0 Å². The van der Waals surface area contributed by atoms with Gasteiger partial charge in [-0.05, 0) is 69.5 Å². The van der Waals surface area contributed by atoms with E-state index in [9.17, 15) is 4.79 Å². The van der Waals surface area contributed by atoms with Crippen LogP contribution < -0.4 is 4.90 Å². The molecule has 3 aliphatic heterocycles. The molecule has 0 bridgehead atoms. The Kier molecular flexibility index (Phi) is 8.55. The van der Waals surface area contributed by atoms with Gasteiger partial charge in [-0.3, -0.25) is 9.59 Å². The Morgan fingerprint density at radius 2 is 1.67 bits per heavy atom. The maximum absolute atomic E-state index is 15.0. The summed E-state index contributed by atoms with van der Waals surface area (Å²) in [6.45, 7) is 8.14. The van der Waals surface area contributed by atoms with E-state index in [2.05, 4.69) is 41.0 Å². The first-order chi connectivity index (χ1) is 20.5. The molecule has 0 radical (unpaired) electrons. The van der Waals surface area contributed by atoms with Gasteiger partial charge in [0.1, 0.15) is 5.70 Å². The van der Waals surface area contributed by atoms with Crippen molar-refractivity contribution in [1.29, 1.82) is 0 Å². The minimum absolute atomic E-state index is 0.00257. The monoisotopic (exact) mass is 584 g/mol. The molecule has 2 fully saturated rings. The van der Waals surface area contributed by atoms with Crippen molar-refractivity contribution in [2.75, 3.05) is 50.7 Å². The molecule has 0 N–H and O–H groups in total. The molecule has 7 heteroatoms. The number of carbonyl (C=O) groups is 2. The fraction of sp³-hybridized carbons (Fsp3) is 0.429. The van der Waals surface area contributed by atoms with Gasteiger partial charge >= 0.3 is 0 Å². The Morgan fingerprint density at radius 1 is 0.952 bits per heavy atom. The third kappa shape index (κ3) is 5.67. The van der Waals surface area contributed by atoms with Crippen LogP contribution in [-0.2, 0) is 9.59 Å².